The highest BCUT2D eigenvalue weighted by atomic mass is 16.5. The first-order chi connectivity index (χ1) is 15.3. The molecule has 0 unspecified atom stereocenters. The third-order valence-electron chi connectivity index (χ3n) is 6.77. The SMILES string of the molecule is COc1ccccc1N1C(=O)C(c2ccc(C)c(C)c2)=C(N(C)C2CCN(C)CC2)C1=O. The van der Waals surface area contributed by atoms with E-state index in [2.05, 4.69) is 11.9 Å². The molecule has 1 fully saturated rings. The maximum atomic E-state index is 13.8. The van der Waals surface area contributed by atoms with Crippen molar-refractivity contribution in [2.45, 2.75) is 32.7 Å². The Morgan fingerprint density at radius 2 is 1.66 bits per heavy atom. The average Bonchev–Trinajstić information content (AvgIpc) is 3.05. The van der Waals surface area contributed by atoms with Crippen LogP contribution in [0.1, 0.15) is 29.5 Å². The number of aryl methyl sites for hydroxylation is 2. The molecular formula is C26H31N3O3. The molecule has 0 spiro atoms. The number of hydrogen-bond donors (Lipinski definition) is 0. The van der Waals surface area contributed by atoms with Crippen LogP contribution in [0.25, 0.3) is 5.57 Å². The quantitative estimate of drug-likeness (QED) is 0.674. The van der Waals surface area contributed by atoms with Gasteiger partial charge in [-0.2, -0.15) is 0 Å². The zero-order valence-electron chi connectivity index (χ0n) is 19.5. The minimum absolute atomic E-state index is 0.206. The molecule has 1 saturated heterocycles. The first-order valence-electron chi connectivity index (χ1n) is 11.1. The number of hydrogen-bond acceptors (Lipinski definition) is 5. The van der Waals surface area contributed by atoms with Crippen LogP contribution in [0.5, 0.6) is 5.75 Å². The monoisotopic (exact) mass is 433 g/mol. The third-order valence-corrected chi connectivity index (χ3v) is 6.77. The molecule has 2 heterocycles. The number of piperidine rings is 1. The van der Waals surface area contributed by atoms with E-state index in [1.807, 2.05) is 56.1 Å². The first kappa shape index (κ1) is 22.1. The summed E-state index contributed by atoms with van der Waals surface area (Å²) in [4.78, 5) is 33.2. The number of carbonyl (C=O) groups is 2. The van der Waals surface area contributed by atoms with Crippen LogP contribution in [-0.2, 0) is 9.59 Å². The third kappa shape index (κ3) is 3.79. The Balaban J connectivity index is 1.83. The molecule has 0 aliphatic carbocycles. The number of anilines is 1. The molecule has 2 aliphatic heterocycles. The van der Waals surface area contributed by atoms with Crippen LogP contribution in [0, 0.1) is 13.8 Å². The average molecular weight is 434 g/mol. The van der Waals surface area contributed by atoms with Crippen molar-refractivity contribution in [2.75, 3.05) is 39.2 Å². The van der Waals surface area contributed by atoms with Gasteiger partial charge in [0.2, 0.25) is 0 Å². The summed E-state index contributed by atoms with van der Waals surface area (Å²) in [6.07, 6.45) is 1.90. The van der Waals surface area contributed by atoms with Gasteiger partial charge in [-0.15, -0.1) is 0 Å². The van der Waals surface area contributed by atoms with Gasteiger partial charge in [0.25, 0.3) is 11.8 Å². The van der Waals surface area contributed by atoms with Crippen LogP contribution in [-0.4, -0.2) is 62.0 Å². The lowest BCUT2D eigenvalue weighted by molar-refractivity contribution is -0.120. The standard InChI is InChI=1S/C26H31N3O3/c1-17-10-11-19(16-18(17)2)23-24(28(4)20-12-14-27(3)15-13-20)26(31)29(25(23)30)21-8-6-7-9-22(21)32-5/h6-11,16,20H,12-15H2,1-5H3. The van der Waals surface area contributed by atoms with E-state index in [1.54, 1.807) is 19.2 Å². The maximum absolute atomic E-state index is 13.8. The molecular weight excluding hydrogens is 402 g/mol. The number of likely N-dealkylation sites (N-methyl/N-ethyl adjacent to an activating group) is 1. The van der Waals surface area contributed by atoms with Gasteiger partial charge in [0.05, 0.1) is 18.4 Å². The second kappa shape index (κ2) is 8.79. The maximum Gasteiger partial charge on any atom is 0.282 e. The molecule has 0 N–H and O–H groups in total. The van der Waals surface area contributed by atoms with Crippen LogP contribution in [0.4, 0.5) is 5.69 Å². The summed E-state index contributed by atoms with van der Waals surface area (Å²) >= 11 is 0. The fourth-order valence-electron chi connectivity index (χ4n) is 4.60. The predicted molar refractivity (Wildman–Crippen MR) is 127 cm³/mol. The van der Waals surface area contributed by atoms with Crippen molar-refractivity contribution in [2.24, 2.45) is 0 Å². The lowest BCUT2D eigenvalue weighted by atomic mass is 9.97. The van der Waals surface area contributed by atoms with Gasteiger partial charge in [-0.1, -0.05) is 30.3 Å². The number of imide groups is 1. The van der Waals surface area contributed by atoms with Crippen LogP contribution < -0.4 is 9.64 Å². The zero-order valence-corrected chi connectivity index (χ0v) is 19.5. The number of ether oxygens (including phenoxy) is 1. The summed E-state index contributed by atoms with van der Waals surface area (Å²) in [6, 6.07) is 13.3. The number of methoxy groups -OCH3 is 1. The molecule has 2 aromatic rings. The topological polar surface area (TPSA) is 53.1 Å². The zero-order chi connectivity index (χ0) is 23.0. The van der Waals surface area contributed by atoms with Gasteiger partial charge in [0.15, 0.2) is 0 Å². The Morgan fingerprint density at radius 3 is 2.31 bits per heavy atom. The normalized spacial score (nSPS) is 18.0. The van der Waals surface area contributed by atoms with Gasteiger partial charge in [-0.25, -0.2) is 4.90 Å². The van der Waals surface area contributed by atoms with Crippen LogP contribution >= 0.6 is 0 Å². The number of amides is 2. The van der Waals surface area contributed by atoms with E-state index < -0.39 is 0 Å². The summed E-state index contributed by atoms with van der Waals surface area (Å²) in [5, 5.41) is 0. The van der Waals surface area contributed by atoms with E-state index >= 15 is 0 Å². The van der Waals surface area contributed by atoms with Crippen LogP contribution in [0.3, 0.4) is 0 Å². The number of benzene rings is 2. The van der Waals surface area contributed by atoms with Gasteiger partial charge in [-0.3, -0.25) is 9.59 Å². The van der Waals surface area contributed by atoms with Crippen molar-refractivity contribution in [3.05, 3.63) is 64.9 Å². The molecule has 6 nitrogen and oxygen atoms in total. The lowest BCUT2D eigenvalue weighted by Gasteiger charge is -2.36. The Labute approximate surface area is 190 Å². The summed E-state index contributed by atoms with van der Waals surface area (Å²) in [7, 11) is 5.61. The molecule has 32 heavy (non-hydrogen) atoms. The summed E-state index contributed by atoms with van der Waals surface area (Å²) in [6.45, 7) is 6.01. The molecule has 2 aliphatic rings. The summed E-state index contributed by atoms with van der Waals surface area (Å²) < 4.78 is 5.47. The highest BCUT2D eigenvalue weighted by Crippen LogP contribution is 2.39. The number of likely N-dealkylation sites (tertiary alicyclic amines) is 1. The number of carbonyl (C=O) groups excluding carboxylic acids is 2. The number of para-hydroxylation sites is 2. The summed E-state index contributed by atoms with van der Waals surface area (Å²) in [5.41, 5.74) is 4.42. The minimum Gasteiger partial charge on any atom is -0.495 e. The summed E-state index contributed by atoms with van der Waals surface area (Å²) in [5.74, 6) is -0.108. The van der Waals surface area contributed by atoms with Crippen molar-refractivity contribution < 1.29 is 14.3 Å². The fraction of sp³-hybridized carbons (Fsp3) is 0.385. The lowest BCUT2D eigenvalue weighted by Crippen LogP contribution is -2.43. The van der Waals surface area contributed by atoms with E-state index in [0.717, 1.165) is 42.6 Å². The second-order valence-electron chi connectivity index (χ2n) is 8.79. The van der Waals surface area contributed by atoms with Gasteiger partial charge in [0.1, 0.15) is 11.4 Å². The molecule has 168 valence electrons. The highest BCUT2D eigenvalue weighted by molar-refractivity contribution is 6.45. The van der Waals surface area contributed by atoms with Crippen molar-refractivity contribution >= 4 is 23.1 Å². The van der Waals surface area contributed by atoms with Crippen molar-refractivity contribution in [3.63, 3.8) is 0 Å². The fourth-order valence-corrected chi connectivity index (χ4v) is 4.60. The van der Waals surface area contributed by atoms with Gasteiger partial charge in [-0.05, 0) is 75.6 Å². The molecule has 6 heteroatoms. The van der Waals surface area contributed by atoms with Crippen LogP contribution in [0.15, 0.2) is 48.2 Å². The molecule has 0 aromatic heterocycles. The number of rotatable bonds is 5. The largest absolute Gasteiger partial charge is 0.495 e. The molecule has 0 radical (unpaired) electrons. The number of nitrogens with zero attached hydrogens (tertiary/aromatic N) is 3. The van der Waals surface area contributed by atoms with E-state index in [0.29, 0.717) is 22.7 Å². The first-order valence-corrected chi connectivity index (χ1v) is 11.1. The van der Waals surface area contributed by atoms with Crippen molar-refractivity contribution in [1.29, 1.82) is 0 Å². The Morgan fingerprint density at radius 1 is 0.969 bits per heavy atom. The van der Waals surface area contributed by atoms with E-state index in [9.17, 15) is 9.59 Å². The van der Waals surface area contributed by atoms with Gasteiger partial charge >= 0.3 is 0 Å². The Hall–Kier alpha value is -3.12. The smallest absolute Gasteiger partial charge is 0.282 e. The van der Waals surface area contributed by atoms with E-state index in [4.69, 9.17) is 4.74 Å². The van der Waals surface area contributed by atoms with E-state index in [-0.39, 0.29) is 17.9 Å². The molecule has 4 rings (SSSR count). The molecule has 0 atom stereocenters. The second-order valence-corrected chi connectivity index (χ2v) is 8.79. The highest BCUT2D eigenvalue weighted by Gasteiger charge is 2.44. The predicted octanol–water partition coefficient (Wildman–Crippen LogP) is 3.62. The van der Waals surface area contributed by atoms with E-state index in [1.165, 1.54) is 4.90 Å². The molecule has 0 saturated carbocycles. The molecule has 2 amide bonds. The minimum atomic E-state index is -0.308. The Kier molecular flexibility index (Phi) is 6.07. The van der Waals surface area contributed by atoms with Crippen molar-refractivity contribution in [1.82, 2.24) is 9.80 Å². The molecule has 2 aromatic carbocycles. The van der Waals surface area contributed by atoms with Gasteiger partial charge < -0.3 is 14.5 Å². The Bertz CT molecular complexity index is 1080. The molecule has 0 bridgehead atoms. The van der Waals surface area contributed by atoms with Crippen LogP contribution in [0.2, 0.25) is 0 Å². The van der Waals surface area contributed by atoms with Gasteiger partial charge in [0, 0.05) is 13.1 Å². The van der Waals surface area contributed by atoms with Crippen molar-refractivity contribution in [3.8, 4) is 5.75 Å².